The summed E-state index contributed by atoms with van der Waals surface area (Å²) in [7, 11) is 4.53. The summed E-state index contributed by atoms with van der Waals surface area (Å²) in [6.07, 6.45) is 25.3. The summed E-state index contributed by atoms with van der Waals surface area (Å²) >= 11 is 0. The van der Waals surface area contributed by atoms with Gasteiger partial charge in [0.05, 0.1) is 20.6 Å². The van der Waals surface area contributed by atoms with Crippen molar-refractivity contribution in [2.24, 2.45) is 0 Å². The lowest BCUT2D eigenvalue weighted by Crippen LogP contribution is -2.45. The third kappa shape index (κ3) is 24.0. The highest BCUT2D eigenvalue weighted by molar-refractivity contribution is 5.66. The molecule has 0 saturated carbocycles. The van der Waals surface area contributed by atoms with E-state index in [4.69, 9.17) is 5.11 Å². The Morgan fingerprint density at radius 3 is 1.53 bits per heavy atom. The number of quaternary nitrogens is 1. The van der Waals surface area contributed by atoms with E-state index in [9.17, 15) is 9.90 Å². The summed E-state index contributed by atoms with van der Waals surface area (Å²) in [4.78, 5) is 10.5. The molecule has 0 aromatic heterocycles. The van der Waals surface area contributed by atoms with E-state index in [1.54, 1.807) is 0 Å². The highest BCUT2D eigenvalue weighted by atomic mass is 16.4. The van der Waals surface area contributed by atoms with Gasteiger partial charge >= 0.3 is 5.97 Å². The zero-order valence-corrected chi connectivity index (χ0v) is 22.1. The van der Waals surface area contributed by atoms with Crippen LogP contribution in [0.15, 0.2) is 0 Å². The number of nitrogens with zero attached hydrogens (tertiary/aromatic N) is 1. The molecule has 0 bridgehead atoms. The van der Waals surface area contributed by atoms with Gasteiger partial charge in [0.1, 0.15) is 12.6 Å². The van der Waals surface area contributed by atoms with Gasteiger partial charge in [-0.15, -0.1) is 0 Å². The molecule has 0 radical (unpaired) electrons. The molecule has 0 amide bonds. The molecule has 1 unspecified atom stereocenters. The van der Waals surface area contributed by atoms with Gasteiger partial charge in [-0.05, 0) is 25.7 Å². The molecule has 0 aliphatic heterocycles. The number of hydrogen-bond donors (Lipinski definition) is 2. The first-order valence-corrected chi connectivity index (χ1v) is 14.1. The van der Waals surface area contributed by atoms with Crippen molar-refractivity contribution >= 4 is 5.97 Å². The quantitative estimate of drug-likeness (QED) is 0.109. The molecule has 1 atom stereocenters. The number of aliphatic carboxylic acids is 1. The molecule has 0 aromatic rings. The zero-order chi connectivity index (χ0) is 23.9. The first-order chi connectivity index (χ1) is 15.4. The standard InChI is InChI=1S/C28H57NO3/c1-4-5-6-7-8-9-11-14-17-20-23-27(30)26-29(2,3)25-22-19-16-13-10-12-15-18-21-24-28(31)32/h27,30H,4-26H2,1-3H3/p+1. The first-order valence-electron chi connectivity index (χ1n) is 14.1. The maximum atomic E-state index is 10.5. The summed E-state index contributed by atoms with van der Waals surface area (Å²) in [5.74, 6) is -0.669. The number of carboxylic acid groups (broad SMARTS) is 1. The van der Waals surface area contributed by atoms with E-state index >= 15 is 0 Å². The van der Waals surface area contributed by atoms with Gasteiger partial charge in [-0.25, -0.2) is 0 Å². The predicted molar refractivity (Wildman–Crippen MR) is 138 cm³/mol. The van der Waals surface area contributed by atoms with Crippen molar-refractivity contribution in [3.8, 4) is 0 Å². The van der Waals surface area contributed by atoms with Gasteiger partial charge in [0.15, 0.2) is 0 Å². The van der Waals surface area contributed by atoms with Crippen LogP contribution in [0.5, 0.6) is 0 Å². The smallest absolute Gasteiger partial charge is 0.303 e. The molecule has 0 aliphatic rings. The van der Waals surface area contributed by atoms with Gasteiger partial charge in [-0.2, -0.15) is 0 Å². The van der Waals surface area contributed by atoms with E-state index in [-0.39, 0.29) is 6.10 Å². The fourth-order valence-electron chi connectivity index (χ4n) is 4.67. The summed E-state index contributed by atoms with van der Waals surface area (Å²) in [5, 5.41) is 19.1. The van der Waals surface area contributed by atoms with Crippen molar-refractivity contribution in [1.29, 1.82) is 0 Å². The van der Waals surface area contributed by atoms with E-state index in [1.165, 1.54) is 109 Å². The fourth-order valence-corrected chi connectivity index (χ4v) is 4.67. The highest BCUT2D eigenvalue weighted by Gasteiger charge is 2.19. The van der Waals surface area contributed by atoms with Crippen LogP contribution in [0.1, 0.15) is 142 Å². The third-order valence-electron chi connectivity index (χ3n) is 6.75. The normalized spacial score (nSPS) is 12.9. The molecule has 192 valence electrons. The molecule has 0 heterocycles. The fraction of sp³-hybridized carbons (Fsp3) is 0.964. The molecular weight excluding hydrogens is 398 g/mol. The van der Waals surface area contributed by atoms with E-state index in [0.717, 1.165) is 36.8 Å². The Labute approximate surface area is 200 Å². The lowest BCUT2D eigenvalue weighted by atomic mass is 10.0. The van der Waals surface area contributed by atoms with Crippen LogP contribution >= 0.6 is 0 Å². The Hall–Kier alpha value is -0.610. The van der Waals surface area contributed by atoms with Crippen molar-refractivity contribution in [3.63, 3.8) is 0 Å². The molecule has 0 rings (SSSR count). The van der Waals surface area contributed by atoms with Gasteiger partial charge < -0.3 is 14.7 Å². The van der Waals surface area contributed by atoms with Crippen LogP contribution in [0.2, 0.25) is 0 Å². The first kappa shape index (κ1) is 31.4. The summed E-state index contributed by atoms with van der Waals surface area (Å²) in [5.41, 5.74) is 0. The second kappa shape index (κ2) is 22.2. The molecule has 2 N–H and O–H groups in total. The molecule has 0 aromatic carbocycles. The molecule has 0 fully saturated rings. The van der Waals surface area contributed by atoms with E-state index in [1.807, 2.05) is 0 Å². The maximum absolute atomic E-state index is 10.5. The van der Waals surface area contributed by atoms with E-state index in [2.05, 4.69) is 21.0 Å². The van der Waals surface area contributed by atoms with Gasteiger partial charge in [0.2, 0.25) is 0 Å². The van der Waals surface area contributed by atoms with Gasteiger partial charge in [-0.3, -0.25) is 4.79 Å². The van der Waals surface area contributed by atoms with Crippen LogP contribution in [0.4, 0.5) is 0 Å². The number of unbranched alkanes of at least 4 members (excludes halogenated alkanes) is 17. The summed E-state index contributed by atoms with van der Waals surface area (Å²) < 4.78 is 0.933. The number of rotatable bonds is 25. The molecule has 0 aliphatic carbocycles. The summed E-state index contributed by atoms with van der Waals surface area (Å²) in [6, 6.07) is 0. The van der Waals surface area contributed by atoms with Crippen molar-refractivity contribution in [3.05, 3.63) is 0 Å². The van der Waals surface area contributed by atoms with Crippen LogP contribution in [-0.4, -0.2) is 54.0 Å². The van der Waals surface area contributed by atoms with Crippen molar-refractivity contribution in [1.82, 2.24) is 0 Å². The van der Waals surface area contributed by atoms with Crippen LogP contribution in [0.3, 0.4) is 0 Å². The molecule has 4 nitrogen and oxygen atoms in total. The second-order valence-corrected chi connectivity index (χ2v) is 10.8. The van der Waals surface area contributed by atoms with Crippen LogP contribution in [-0.2, 0) is 4.79 Å². The van der Waals surface area contributed by atoms with E-state index < -0.39 is 5.97 Å². The lowest BCUT2D eigenvalue weighted by Gasteiger charge is -2.32. The Bertz CT molecular complexity index is 411. The zero-order valence-electron chi connectivity index (χ0n) is 22.1. The molecule has 4 heteroatoms. The predicted octanol–water partition coefficient (Wildman–Crippen LogP) is 7.72. The number of carbonyl (C=O) groups is 1. The number of hydrogen-bond acceptors (Lipinski definition) is 2. The average molecular weight is 457 g/mol. The van der Waals surface area contributed by atoms with Gasteiger partial charge in [0, 0.05) is 6.42 Å². The minimum Gasteiger partial charge on any atom is -0.481 e. The Balaban J connectivity index is 3.48. The third-order valence-corrected chi connectivity index (χ3v) is 6.75. The molecule has 0 saturated heterocycles. The lowest BCUT2D eigenvalue weighted by molar-refractivity contribution is -0.893. The number of carboxylic acids is 1. The molecule has 0 spiro atoms. The Morgan fingerprint density at radius 2 is 1.06 bits per heavy atom. The largest absolute Gasteiger partial charge is 0.481 e. The summed E-state index contributed by atoms with van der Waals surface area (Å²) in [6.45, 7) is 4.31. The molecular formula is C28H58NO3+. The van der Waals surface area contributed by atoms with Crippen molar-refractivity contribution in [2.75, 3.05) is 27.2 Å². The monoisotopic (exact) mass is 456 g/mol. The number of likely N-dealkylation sites (N-methyl/N-ethyl adjacent to an activating group) is 1. The number of aliphatic hydroxyl groups is 1. The van der Waals surface area contributed by atoms with Gasteiger partial charge in [0.25, 0.3) is 0 Å². The van der Waals surface area contributed by atoms with Gasteiger partial charge in [-0.1, -0.05) is 110 Å². The minimum absolute atomic E-state index is 0.153. The van der Waals surface area contributed by atoms with Crippen molar-refractivity contribution in [2.45, 2.75) is 148 Å². The minimum atomic E-state index is -0.669. The van der Waals surface area contributed by atoms with Crippen LogP contribution in [0.25, 0.3) is 0 Å². The van der Waals surface area contributed by atoms with E-state index in [0.29, 0.717) is 6.42 Å². The Kier molecular flexibility index (Phi) is 21.8. The van der Waals surface area contributed by atoms with Crippen LogP contribution < -0.4 is 0 Å². The average Bonchev–Trinajstić information content (AvgIpc) is 2.72. The second-order valence-electron chi connectivity index (χ2n) is 10.8. The molecule has 32 heavy (non-hydrogen) atoms. The van der Waals surface area contributed by atoms with Crippen LogP contribution in [0, 0.1) is 0 Å². The maximum Gasteiger partial charge on any atom is 0.303 e. The Morgan fingerprint density at radius 1 is 0.656 bits per heavy atom. The topological polar surface area (TPSA) is 57.5 Å². The van der Waals surface area contributed by atoms with Crippen molar-refractivity contribution < 1.29 is 19.5 Å². The highest BCUT2D eigenvalue weighted by Crippen LogP contribution is 2.15. The number of aliphatic hydroxyl groups excluding tert-OH is 1. The SMILES string of the molecule is CCCCCCCCCCCCC(O)C[N+](C)(C)CCCCCCCCCCCC(=O)O.